The van der Waals surface area contributed by atoms with Crippen molar-refractivity contribution < 1.29 is 5.11 Å². The molecule has 0 spiro atoms. The topological polar surface area (TPSA) is 20.2 Å². The molecule has 0 saturated heterocycles. The molecular formula is C11H18O. The third-order valence-corrected chi connectivity index (χ3v) is 2.88. The summed E-state index contributed by atoms with van der Waals surface area (Å²) in [5.41, 5.74) is 2.84. The summed E-state index contributed by atoms with van der Waals surface area (Å²) in [4.78, 5) is 0. The van der Waals surface area contributed by atoms with E-state index in [1.807, 2.05) is 6.08 Å². The molecule has 3 atom stereocenters. The standard InChI is InChI=1S/C11H18O/c1-3-4-10-7-9(2)5-6-11(10)8-12/h4,9-12H,1,5-8H2,2H3. The third kappa shape index (κ3) is 2.23. The zero-order chi connectivity index (χ0) is 8.97. The van der Waals surface area contributed by atoms with Crippen LogP contribution >= 0.6 is 0 Å². The first-order chi connectivity index (χ1) is 5.77. The summed E-state index contributed by atoms with van der Waals surface area (Å²) >= 11 is 0. The van der Waals surface area contributed by atoms with Crippen molar-refractivity contribution in [2.75, 3.05) is 6.61 Å². The molecule has 0 heterocycles. The van der Waals surface area contributed by atoms with Gasteiger partial charge in [0.25, 0.3) is 0 Å². The average molecular weight is 166 g/mol. The number of allylic oxidation sites excluding steroid dienone is 1. The van der Waals surface area contributed by atoms with Crippen molar-refractivity contribution in [3.63, 3.8) is 0 Å². The molecule has 0 aliphatic heterocycles. The highest BCUT2D eigenvalue weighted by Gasteiger charge is 2.25. The summed E-state index contributed by atoms with van der Waals surface area (Å²) in [6.45, 7) is 6.18. The Morgan fingerprint density at radius 1 is 1.58 bits per heavy atom. The number of hydrogen-bond donors (Lipinski definition) is 1. The number of aliphatic hydroxyl groups is 1. The number of aliphatic hydroxyl groups excluding tert-OH is 1. The Hall–Kier alpha value is -0.520. The van der Waals surface area contributed by atoms with Gasteiger partial charge in [0.2, 0.25) is 0 Å². The van der Waals surface area contributed by atoms with Crippen molar-refractivity contribution in [3.05, 3.63) is 18.4 Å². The van der Waals surface area contributed by atoms with Crippen molar-refractivity contribution in [3.8, 4) is 0 Å². The fourth-order valence-corrected chi connectivity index (χ4v) is 2.07. The fraction of sp³-hybridized carbons (Fsp3) is 0.727. The monoisotopic (exact) mass is 166 g/mol. The van der Waals surface area contributed by atoms with Gasteiger partial charge in [-0.15, -0.1) is 5.73 Å². The van der Waals surface area contributed by atoms with Gasteiger partial charge >= 0.3 is 0 Å². The molecule has 0 aromatic rings. The minimum atomic E-state index is 0.315. The highest BCUT2D eigenvalue weighted by Crippen LogP contribution is 2.33. The smallest absolute Gasteiger partial charge is 0.0465 e. The van der Waals surface area contributed by atoms with Crippen LogP contribution in [0.4, 0.5) is 0 Å². The Labute approximate surface area is 74.8 Å². The maximum absolute atomic E-state index is 9.11. The van der Waals surface area contributed by atoms with Crippen LogP contribution in [0.5, 0.6) is 0 Å². The van der Waals surface area contributed by atoms with Crippen LogP contribution in [0, 0.1) is 17.8 Å². The highest BCUT2D eigenvalue weighted by atomic mass is 16.3. The molecule has 1 rings (SSSR count). The highest BCUT2D eigenvalue weighted by molar-refractivity contribution is 4.92. The molecule has 1 N–H and O–H groups in total. The normalized spacial score (nSPS) is 35.7. The summed E-state index contributed by atoms with van der Waals surface area (Å²) < 4.78 is 0. The van der Waals surface area contributed by atoms with Crippen LogP contribution in [0.15, 0.2) is 18.4 Å². The Balaban J connectivity index is 2.57. The van der Waals surface area contributed by atoms with Gasteiger partial charge in [-0.25, -0.2) is 0 Å². The fourth-order valence-electron chi connectivity index (χ4n) is 2.07. The van der Waals surface area contributed by atoms with E-state index in [4.69, 9.17) is 5.11 Å². The van der Waals surface area contributed by atoms with E-state index in [0.717, 1.165) is 12.3 Å². The Morgan fingerprint density at radius 3 is 2.92 bits per heavy atom. The van der Waals surface area contributed by atoms with Crippen molar-refractivity contribution in [2.24, 2.45) is 17.8 Å². The first-order valence-electron chi connectivity index (χ1n) is 4.74. The van der Waals surface area contributed by atoms with Crippen molar-refractivity contribution >= 4 is 0 Å². The molecular weight excluding hydrogens is 148 g/mol. The molecule has 12 heavy (non-hydrogen) atoms. The quantitative estimate of drug-likeness (QED) is 0.624. The van der Waals surface area contributed by atoms with Gasteiger partial charge in [0.05, 0.1) is 0 Å². The van der Waals surface area contributed by atoms with Gasteiger partial charge in [-0.1, -0.05) is 19.9 Å². The molecule has 68 valence electrons. The predicted octanol–water partition coefficient (Wildman–Crippen LogP) is 2.37. The van der Waals surface area contributed by atoms with E-state index in [1.54, 1.807) is 0 Å². The van der Waals surface area contributed by atoms with Crippen LogP contribution in [0.1, 0.15) is 26.2 Å². The van der Waals surface area contributed by atoms with Crippen molar-refractivity contribution in [1.29, 1.82) is 0 Å². The maximum Gasteiger partial charge on any atom is 0.0465 e. The van der Waals surface area contributed by atoms with E-state index in [2.05, 4.69) is 19.2 Å². The van der Waals surface area contributed by atoms with Crippen LogP contribution in [0.3, 0.4) is 0 Å². The molecule has 0 aromatic carbocycles. The molecule has 1 saturated carbocycles. The summed E-state index contributed by atoms with van der Waals surface area (Å²) in [5, 5.41) is 9.11. The van der Waals surface area contributed by atoms with Gasteiger partial charge in [0.15, 0.2) is 0 Å². The van der Waals surface area contributed by atoms with E-state index in [1.165, 1.54) is 12.8 Å². The van der Waals surface area contributed by atoms with Gasteiger partial charge < -0.3 is 5.11 Å². The summed E-state index contributed by atoms with van der Waals surface area (Å²) in [6, 6.07) is 0. The van der Waals surface area contributed by atoms with Gasteiger partial charge in [0, 0.05) is 6.61 Å². The number of hydrogen-bond acceptors (Lipinski definition) is 1. The Kier molecular flexibility index (Phi) is 3.58. The first kappa shape index (κ1) is 9.57. The summed E-state index contributed by atoms with van der Waals surface area (Å²) in [5.74, 6) is 1.76. The minimum Gasteiger partial charge on any atom is -0.396 e. The van der Waals surface area contributed by atoms with Crippen LogP contribution in [-0.4, -0.2) is 11.7 Å². The van der Waals surface area contributed by atoms with Crippen LogP contribution in [0.2, 0.25) is 0 Å². The molecule has 0 amide bonds. The number of rotatable bonds is 2. The first-order valence-corrected chi connectivity index (χ1v) is 4.74. The lowest BCUT2D eigenvalue weighted by Crippen LogP contribution is -2.24. The van der Waals surface area contributed by atoms with E-state index in [-0.39, 0.29) is 0 Å². The maximum atomic E-state index is 9.11. The Bertz CT molecular complexity index is 179. The predicted molar refractivity (Wildman–Crippen MR) is 50.8 cm³/mol. The van der Waals surface area contributed by atoms with Gasteiger partial charge in [-0.05, 0) is 36.7 Å². The van der Waals surface area contributed by atoms with E-state index in [9.17, 15) is 0 Å². The zero-order valence-electron chi connectivity index (χ0n) is 7.79. The molecule has 1 heteroatoms. The van der Waals surface area contributed by atoms with Crippen molar-refractivity contribution in [2.45, 2.75) is 26.2 Å². The van der Waals surface area contributed by atoms with Crippen LogP contribution in [-0.2, 0) is 0 Å². The second-order valence-electron chi connectivity index (χ2n) is 3.90. The molecule has 0 radical (unpaired) electrons. The van der Waals surface area contributed by atoms with Crippen LogP contribution < -0.4 is 0 Å². The molecule has 0 bridgehead atoms. The van der Waals surface area contributed by atoms with Crippen molar-refractivity contribution in [1.82, 2.24) is 0 Å². The van der Waals surface area contributed by atoms with Gasteiger partial charge in [-0.2, -0.15) is 0 Å². The third-order valence-electron chi connectivity index (χ3n) is 2.88. The second-order valence-corrected chi connectivity index (χ2v) is 3.90. The minimum absolute atomic E-state index is 0.315. The molecule has 1 aliphatic rings. The molecule has 3 unspecified atom stereocenters. The molecule has 1 nitrogen and oxygen atoms in total. The van der Waals surface area contributed by atoms with Gasteiger partial charge in [0.1, 0.15) is 0 Å². The lowest BCUT2D eigenvalue weighted by atomic mass is 9.75. The second kappa shape index (κ2) is 4.49. The van der Waals surface area contributed by atoms with E-state index in [0.29, 0.717) is 18.4 Å². The Morgan fingerprint density at radius 2 is 2.33 bits per heavy atom. The van der Waals surface area contributed by atoms with E-state index < -0.39 is 0 Å². The average Bonchev–Trinajstić information content (AvgIpc) is 2.05. The molecule has 0 aromatic heterocycles. The summed E-state index contributed by atoms with van der Waals surface area (Å²) in [6.07, 6.45) is 5.62. The molecule has 1 fully saturated rings. The summed E-state index contributed by atoms with van der Waals surface area (Å²) in [7, 11) is 0. The SMILES string of the molecule is C=C=CC1CC(C)CCC1CO. The lowest BCUT2D eigenvalue weighted by molar-refractivity contribution is 0.136. The largest absolute Gasteiger partial charge is 0.396 e. The molecule has 1 aliphatic carbocycles. The zero-order valence-corrected chi connectivity index (χ0v) is 7.79. The van der Waals surface area contributed by atoms with Gasteiger partial charge in [-0.3, -0.25) is 0 Å². The van der Waals surface area contributed by atoms with Crippen LogP contribution in [0.25, 0.3) is 0 Å². The lowest BCUT2D eigenvalue weighted by Gasteiger charge is -2.31. The van der Waals surface area contributed by atoms with E-state index >= 15 is 0 Å².